The number of carbonyl (C=O) groups is 1. The van der Waals surface area contributed by atoms with Crippen molar-refractivity contribution >= 4 is 46.8 Å². The lowest BCUT2D eigenvalue weighted by Crippen LogP contribution is -2.58. The SMILES string of the molecule is NC1=NC2(CCCCC2)N(c2cc(C(=O)O)c(Cl)cc2Cl)C(N)=N1. The molecule has 0 atom stereocenters. The Bertz CT molecular complexity index is 756. The maximum Gasteiger partial charge on any atom is 0.337 e. The van der Waals surface area contributed by atoms with Gasteiger partial charge in [0.25, 0.3) is 0 Å². The Kier molecular flexibility index (Phi) is 4.31. The summed E-state index contributed by atoms with van der Waals surface area (Å²) in [6, 6.07) is 2.80. The van der Waals surface area contributed by atoms with Crippen LogP contribution >= 0.6 is 23.2 Å². The topological polar surface area (TPSA) is 117 Å². The predicted molar refractivity (Wildman–Crippen MR) is 95.0 cm³/mol. The average molecular weight is 370 g/mol. The molecule has 1 fully saturated rings. The van der Waals surface area contributed by atoms with E-state index >= 15 is 0 Å². The third kappa shape index (κ3) is 2.78. The van der Waals surface area contributed by atoms with Gasteiger partial charge in [-0.15, -0.1) is 0 Å². The first-order chi connectivity index (χ1) is 11.3. The number of carboxylic acids is 1. The lowest BCUT2D eigenvalue weighted by molar-refractivity contribution is 0.0697. The zero-order chi connectivity index (χ0) is 17.5. The highest BCUT2D eigenvalue weighted by atomic mass is 35.5. The van der Waals surface area contributed by atoms with Crippen LogP contribution in [0, 0.1) is 0 Å². The molecular formula is C15H17Cl2N5O2. The highest BCUT2D eigenvalue weighted by Crippen LogP contribution is 2.43. The molecule has 9 heteroatoms. The van der Waals surface area contributed by atoms with Crippen molar-refractivity contribution in [2.75, 3.05) is 4.90 Å². The van der Waals surface area contributed by atoms with Crippen LogP contribution < -0.4 is 16.4 Å². The minimum absolute atomic E-state index is 0.0580. The Balaban J connectivity index is 2.17. The fourth-order valence-corrected chi connectivity index (χ4v) is 3.89. The van der Waals surface area contributed by atoms with Gasteiger partial charge in [-0.25, -0.2) is 9.79 Å². The molecule has 1 spiro atoms. The number of benzene rings is 1. The molecule has 1 aromatic carbocycles. The standard InChI is InChI=1S/C15H17Cl2N5O2/c16-9-7-10(17)11(6-8(9)12(23)24)22-14(19)20-13(18)21-15(22)4-2-1-3-5-15/h6-7H,1-5H2,(H,23,24)(H4,18,19,20,21). The van der Waals surface area contributed by atoms with Gasteiger partial charge in [-0.2, -0.15) is 4.99 Å². The van der Waals surface area contributed by atoms with E-state index in [1.807, 2.05) is 0 Å². The van der Waals surface area contributed by atoms with Gasteiger partial charge in [0.2, 0.25) is 11.9 Å². The summed E-state index contributed by atoms with van der Waals surface area (Å²) in [6.07, 6.45) is 4.46. The van der Waals surface area contributed by atoms with E-state index in [4.69, 9.17) is 34.7 Å². The number of nitrogens with two attached hydrogens (primary N) is 2. The van der Waals surface area contributed by atoms with E-state index in [9.17, 15) is 9.90 Å². The molecule has 3 rings (SSSR count). The number of aromatic carboxylic acids is 1. The van der Waals surface area contributed by atoms with Crippen LogP contribution in [0.2, 0.25) is 10.0 Å². The predicted octanol–water partition coefficient (Wildman–Crippen LogP) is 2.80. The van der Waals surface area contributed by atoms with Gasteiger partial charge < -0.3 is 16.6 Å². The van der Waals surface area contributed by atoms with E-state index < -0.39 is 11.6 Å². The third-order valence-corrected chi connectivity index (χ3v) is 4.97. The Hall–Kier alpha value is -1.99. The van der Waals surface area contributed by atoms with E-state index in [1.165, 1.54) is 12.1 Å². The minimum Gasteiger partial charge on any atom is -0.478 e. The summed E-state index contributed by atoms with van der Waals surface area (Å²) in [6.45, 7) is 0. The fourth-order valence-electron chi connectivity index (χ4n) is 3.34. The molecule has 1 aromatic rings. The van der Waals surface area contributed by atoms with Crippen LogP contribution in [0.25, 0.3) is 0 Å². The molecule has 1 aliphatic carbocycles. The summed E-state index contributed by atoms with van der Waals surface area (Å²) >= 11 is 12.3. The number of aliphatic imine (C=N–C) groups is 2. The fraction of sp³-hybridized carbons (Fsp3) is 0.400. The number of halogens is 2. The van der Waals surface area contributed by atoms with Crippen LogP contribution in [0.15, 0.2) is 22.1 Å². The largest absolute Gasteiger partial charge is 0.478 e. The average Bonchev–Trinajstić information content (AvgIpc) is 2.49. The van der Waals surface area contributed by atoms with Crippen molar-refractivity contribution in [1.82, 2.24) is 0 Å². The smallest absolute Gasteiger partial charge is 0.337 e. The van der Waals surface area contributed by atoms with E-state index in [-0.39, 0.29) is 27.5 Å². The summed E-state index contributed by atoms with van der Waals surface area (Å²) in [5.41, 5.74) is 11.6. The molecule has 5 N–H and O–H groups in total. The van der Waals surface area contributed by atoms with Crippen molar-refractivity contribution in [3.05, 3.63) is 27.7 Å². The Morgan fingerprint density at radius 3 is 2.46 bits per heavy atom. The molecule has 2 aliphatic rings. The molecule has 24 heavy (non-hydrogen) atoms. The number of rotatable bonds is 2. The van der Waals surface area contributed by atoms with Gasteiger partial charge in [0.1, 0.15) is 5.66 Å². The van der Waals surface area contributed by atoms with Crippen LogP contribution in [0.3, 0.4) is 0 Å². The number of hydrogen-bond donors (Lipinski definition) is 3. The highest BCUT2D eigenvalue weighted by molar-refractivity contribution is 6.38. The number of guanidine groups is 2. The van der Waals surface area contributed by atoms with Gasteiger partial charge >= 0.3 is 5.97 Å². The second kappa shape index (κ2) is 6.14. The molecule has 0 saturated heterocycles. The first-order valence-corrected chi connectivity index (χ1v) is 8.32. The molecule has 1 saturated carbocycles. The number of nitrogens with zero attached hydrogens (tertiary/aromatic N) is 3. The monoisotopic (exact) mass is 369 g/mol. The Labute approximate surface area is 148 Å². The van der Waals surface area contributed by atoms with E-state index in [1.54, 1.807) is 4.90 Å². The molecule has 7 nitrogen and oxygen atoms in total. The first-order valence-electron chi connectivity index (χ1n) is 7.56. The van der Waals surface area contributed by atoms with E-state index in [0.29, 0.717) is 5.69 Å². The maximum absolute atomic E-state index is 11.4. The quantitative estimate of drug-likeness (QED) is 0.740. The van der Waals surface area contributed by atoms with Crippen LogP contribution in [-0.2, 0) is 0 Å². The van der Waals surface area contributed by atoms with Crippen molar-refractivity contribution < 1.29 is 9.90 Å². The summed E-state index contributed by atoms with van der Waals surface area (Å²) in [4.78, 5) is 21.7. The van der Waals surface area contributed by atoms with E-state index in [0.717, 1.165) is 32.1 Å². The molecule has 0 aromatic heterocycles. The summed E-state index contributed by atoms with van der Waals surface area (Å²) in [7, 11) is 0. The molecule has 0 bridgehead atoms. The van der Waals surface area contributed by atoms with Gasteiger partial charge in [-0.3, -0.25) is 4.90 Å². The normalized spacial score (nSPS) is 19.8. The van der Waals surface area contributed by atoms with Crippen molar-refractivity contribution in [3.63, 3.8) is 0 Å². The van der Waals surface area contributed by atoms with Gasteiger partial charge in [0.15, 0.2) is 0 Å². The lowest BCUT2D eigenvalue weighted by atomic mass is 9.87. The summed E-state index contributed by atoms with van der Waals surface area (Å²) < 4.78 is 0. The summed E-state index contributed by atoms with van der Waals surface area (Å²) in [5.74, 6) is -0.884. The van der Waals surface area contributed by atoms with Crippen molar-refractivity contribution in [1.29, 1.82) is 0 Å². The molecule has 1 heterocycles. The zero-order valence-electron chi connectivity index (χ0n) is 12.8. The van der Waals surface area contributed by atoms with Gasteiger partial charge in [-0.05, 0) is 37.8 Å². The maximum atomic E-state index is 11.4. The van der Waals surface area contributed by atoms with Crippen molar-refractivity contribution in [2.24, 2.45) is 21.5 Å². The van der Waals surface area contributed by atoms with Crippen LogP contribution in [-0.4, -0.2) is 28.7 Å². The number of hydrogen-bond acceptors (Lipinski definition) is 6. The molecule has 128 valence electrons. The third-order valence-electron chi connectivity index (χ3n) is 4.36. The molecule has 0 unspecified atom stereocenters. The van der Waals surface area contributed by atoms with Crippen molar-refractivity contribution in [2.45, 2.75) is 37.8 Å². The molecular weight excluding hydrogens is 353 g/mol. The number of carboxylic acid groups (broad SMARTS) is 1. The second-order valence-electron chi connectivity index (χ2n) is 5.91. The minimum atomic E-state index is -1.15. The Morgan fingerprint density at radius 1 is 1.17 bits per heavy atom. The van der Waals surface area contributed by atoms with Gasteiger partial charge in [0, 0.05) is 0 Å². The van der Waals surface area contributed by atoms with E-state index in [2.05, 4.69) is 9.98 Å². The lowest BCUT2D eigenvalue weighted by Gasteiger charge is -2.45. The van der Waals surface area contributed by atoms with Crippen LogP contribution in [0.1, 0.15) is 42.5 Å². The summed E-state index contributed by atoms with van der Waals surface area (Å²) in [5, 5.41) is 9.68. The second-order valence-corrected chi connectivity index (χ2v) is 6.72. The zero-order valence-corrected chi connectivity index (χ0v) is 14.3. The van der Waals surface area contributed by atoms with Crippen molar-refractivity contribution in [3.8, 4) is 0 Å². The molecule has 0 radical (unpaired) electrons. The van der Waals surface area contributed by atoms with Crippen LogP contribution in [0.4, 0.5) is 5.69 Å². The molecule has 0 amide bonds. The first kappa shape index (κ1) is 16.9. The highest BCUT2D eigenvalue weighted by Gasteiger charge is 2.43. The van der Waals surface area contributed by atoms with Gasteiger partial charge in [0.05, 0.1) is 21.3 Å². The van der Waals surface area contributed by atoms with Crippen LogP contribution in [0.5, 0.6) is 0 Å². The molecule has 1 aliphatic heterocycles. The Morgan fingerprint density at radius 2 is 1.83 bits per heavy atom. The van der Waals surface area contributed by atoms with Gasteiger partial charge in [-0.1, -0.05) is 29.6 Å². The number of anilines is 1.